The van der Waals surface area contributed by atoms with E-state index in [0.29, 0.717) is 37.4 Å². The highest BCUT2D eigenvalue weighted by Gasteiger charge is 2.23. The molecule has 0 atom stereocenters. The summed E-state index contributed by atoms with van der Waals surface area (Å²) in [5.74, 6) is -0.773. The minimum absolute atomic E-state index is 0.122. The van der Waals surface area contributed by atoms with E-state index in [-0.39, 0.29) is 17.8 Å². The van der Waals surface area contributed by atoms with Crippen LogP contribution in [0.1, 0.15) is 19.4 Å². The second-order valence-corrected chi connectivity index (χ2v) is 6.77. The van der Waals surface area contributed by atoms with E-state index in [1.54, 1.807) is 23.4 Å². The van der Waals surface area contributed by atoms with Gasteiger partial charge in [-0.25, -0.2) is 9.78 Å². The first kappa shape index (κ1) is 19.2. The molecule has 0 radical (unpaired) electrons. The molecular weight excluding hydrogens is 360 g/mol. The van der Waals surface area contributed by atoms with Crippen molar-refractivity contribution in [2.75, 3.05) is 31.1 Å². The molecule has 9 heteroatoms. The number of hydrogen-bond acceptors (Lipinski definition) is 6. The Bertz CT molecular complexity index is 964. The zero-order valence-electron chi connectivity index (χ0n) is 15.8. The van der Waals surface area contributed by atoms with Gasteiger partial charge in [-0.05, 0) is 26.0 Å². The average molecular weight is 382 g/mol. The highest BCUT2D eigenvalue weighted by Crippen LogP contribution is 2.25. The first-order valence-electron chi connectivity index (χ1n) is 8.98. The summed E-state index contributed by atoms with van der Waals surface area (Å²) in [6.07, 6.45) is 4.45. The fourth-order valence-corrected chi connectivity index (χ4v) is 3.04. The van der Waals surface area contributed by atoms with E-state index >= 15 is 0 Å². The third-order valence-corrected chi connectivity index (χ3v) is 4.47. The Hall–Kier alpha value is -3.54. The van der Waals surface area contributed by atoms with Gasteiger partial charge in [0.05, 0.1) is 18.0 Å². The van der Waals surface area contributed by atoms with Gasteiger partial charge in [0.2, 0.25) is 0 Å². The van der Waals surface area contributed by atoms with Gasteiger partial charge >= 0.3 is 6.09 Å². The first-order valence-corrected chi connectivity index (χ1v) is 8.98. The molecule has 0 aliphatic carbocycles. The van der Waals surface area contributed by atoms with Gasteiger partial charge < -0.3 is 25.3 Å². The lowest BCUT2D eigenvalue weighted by Crippen LogP contribution is -2.49. The second kappa shape index (κ2) is 8.00. The van der Waals surface area contributed by atoms with Crippen LogP contribution in [0.5, 0.6) is 0 Å². The Morgan fingerprint density at radius 1 is 1.36 bits per heavy atom. The summed E-state index contributed by atoms with van der Waals surface area (Å²) in [4.78, 5) is 34.6. The number of aromatic amines is 1. The number of nitrogens with zero attached hydrogens (tertiary/aromatic N) is 4. The predicted molar refractivity (Wildman–Crippen MR) is 104 cm³/mol. The molecule has 0 saturated carbocycles. The maximum Gasteiger partial charge on any atom is 0.410 e. The molecule has 1 saturated heterocycles. The van der Waals surface area contributed by atoms with Crippen LogP contribution in [-0.2, 0) is 9.53 Å². The van der Waals surface area contributed by atoms with E-state index in [9.17, 15) is 9.59 Å². The number of primary amides is 1. The van der Waals surface area contributed by atoms with Gasteiger partial charge in [0.1, 0.15) is 17.3 Å². The van der Waals surface area contributed by atoms with Gasteiger partial charge in [-0.1, -0.05) is 0 Å². The average Bonchev–Trinajstić information content (AvgIpc) is 3.07. The summed E-state index contributed by atoms with van der Waals surface area (Å²) in [6, 6.07) is 3.75. The molecule has 146 valence electrons. The quantitative estimate of drug-likeness (QED) is 0.611. The van der Waals surface area contributed by atoms with Crippen LogP contribution < -0.4 is 10.6 Å². The standard InChI is InChI=1S/C19H22N6O3/c1-12(2)28-19(27)25-5-3-24(4-6-25)15-8-16-14(7-13(9-20)17(21)26)10-22-18(16)23-11-15/h7-8,10-12H,3-6H2,1-2H3,(H2,21,26)(H,22,23). The van der Waals surface area contributed by atoms with Crippen molar-refractivity contribution in [1.82, 2.24) is 14.9 Å². The largest absolute Gasteiger partial charge is 0.447 e. The number of aromatic nitrogens is 2. The molecule has 9 nitrogen and oxygen atoms in total. The van der Waals surface area contributed by atoms with Crippen LogP contribution in [0.25, 0.3) is 17.1 Å². The molecule has 2 aromatic heterocycles. The van der Waals surface area contributed by atoms with Gasteiger partial charge in [0.25, 0.3) is 5.91 Å². The van der Waals surface area contributed by atoms with Crippen LogP contribution >= 0.6 is 0 Å². The number of H-pyrrole nitrogens is 1. The zero-order valence-corrected chi connectivity index (χ0v) is 15.8. The lowest BCUT2D eigenvalue weighted by molar-refractivity contribution is -0.114. The maximum atomic E-state index is 12.0. The molecule has 0 spiro atoms. The van der Waals surface area contributed by atoms with Crippen molar-refractivity contribution in [3.05, 3.63) is 29.6 Å². The summed E-state index contributed by atoms with van der Waals surface area (Å²) in [5.41, 5.74) is 7.31. The fraction of sp³-hybridized carbons (Fsp3) is 0.368. The minimum Gasteiger partial charge on any atom is -0.447 e. The smallest absolute Gasteiger partial charge is 0.410 e. The lowest BCUT2D eigenvalue weighted by atomic mass is 10.1. The third-order valence-electron chi connectivity index (χ3n) is 4.47. The number of carbonyl (C=O) groups excluding carboxylic acids is 2. The van der Waals surface area contributed by atoms with E-state index in [1.165, 1.54) is 6.08 Å². The first-order chi connectivity index (χ1) is 13.4. The molecule has 1 aliphatic heterocycles. The molecular formula is C19H22N6O3. The summed E-state index contributed by atoms with van der Waals surface area (Å²) in [7, 11) is 0. The zero-order chi connectivity index (χ0) is 20.3. The normalized spacial score (nSPS) is 15.0. The summed E-state index contributed by atoms with van der Waals surface area (Å²) >= 11 is 0. The van der Waals surface area contributed by atoms with Gasteiger partial charge in [0, 0.05) is 43.3 Å². The summed E-state index contributed by atoms with van der Waals surface area (Å²) in [5, 5.41) is 9.84. The van der Waals surface area contributed by atoms with Crippen LogP contribution in [0, 0.1) is 11.3 Å². The van der Waals surface area contributed by atoms with Gasteiger partial charge in [-0.3, -0.25) is 4.79 Å². The summed E-state index contributed by atoms with van der Waals surface area (Å²) < 4.78 is 5.24. The molecule has 0 aromatic carbocycles. The van der Waals surface area contributed by atoms with Crippen LogP contribution in [0.15, 0.2) is 24.0 Å². The number of fused-ring (bicyclic) bond motifs is 1. The van der Waals surface area contributed by atoms with E-state index in [0.717, 1.165) is 11.1 Å². The Labute approximate surface area is 162 Å². The number of anilines is 1. The van der Waals surface area contributed by atoms with Crippen LogP contribution in [0.2, 0.25) is 0 Å². The molecule has 28 heavy (non-hydrogen) atoms. The number of amides is 2. The molecule has 2 aromatic rings. The van der Waals surface area contributed by atoms with Gasteiger partial charge in [-0.2, -0.15) is 5.26 Å². The molecule has 2 amide bonds. The van der Waals surface area contributed by atoms with E-state index < -0.39 is 5.91 Å². The Balaban J connectivity index is 1.78. The van der Waals surface area contributed by atoms with Crippen LogP contribution in [0.3, 0.4) is 0 Å². The molecule has 1 aliphatic rings. The highest BCUT2D eigenvalue weighted by molar-refractivity contribution is 6.03. The fourth-order valence-electron chi connectivity index (χ4n) is 3.04. The number of hydrogen-bond donors (Lipinski definition) is 2. The van der Waals surface area contributed by atoms with Crippen molar-refractivity contribution in [3.63, 3.8) is 0 Å². The minimum atomic E-state index is -0.773. The molecule has 0 unspecified atom stereocenters. The summed E-state index contributed by atoms with van der Waals surface area (Å²) in [6.45, 7) is 6.08. The maximum absolute atomic E-state index is 12.0. The Morgan fingerprint density at radius 2 is 2.07 bits per heavy atom. The number of nitriles is 1. The lowest BCUT2D eigenvalue weighted by Gasteiger charge is -2.35. The number of nitrogens with two attached hydrogens (primary N) is 1. The molecule has 3 N–H and O–H groups in total. The van der Waals surface area contributed by atoms with Crippen molar-refractivity contribution in [2.45, 2.75) is 20.0 Å². The highest BCUT2D eigenvalue weighted by atomic mass is 16.6. The predicted octanol–water partition coefficient (Wildman–Crippen LogP) is 1.62. The molecule has 3 heterocycles. The monoisotopic (exact) mass is 382 g/mol. The van der Waals surface area contributed by atoms with Crippen molar-refractivity contribution in [1.29, 1.82) is 5.26 Å². The molecule has 0 bridgehead atoms. The van der Waals surface area contributed by atoms with E-state index in [2.05, 4.69) is 14.9 Å². The second-order valence-electron chi connectivity index (χ2n) is 6.77. The Kier molecular flexibility index (Phi) is 5.49. The number of pyridine rings is 1. The third kappa shape index (κ3) is 4.06. The number of ether oxygens (including phenoxy) is 1. The number of carbonyl (C=O) groups is 2. The number of rotatable bonds is 4. The number of nitrogens with one attached hydrogen (secondary N) is 1. The topological polar surface area (TPSA) is 128 Å². The van der Waals surface area contributed by atoms with E-state index in [1.807, 2.05) is 19.9 Å². The van der Waals surface area contributed by atoms with Crippen molar-refractivity contribution < 1.29 is 14.3 Å². The number of piperazine rings is 1. The Morgan fingerprint density at radius 3 is 2.68 bits per heavy atom. The van der Waals surface area contributed by atoms with Gasteiger partial charge in [0.15, 0.2) is 0 Å². The molecule has 1 fully saturated rings. The van der Waals surface area contributed by atoms with Gasteiger partial charge in [-0.15, -0.1) is 0 Å². The van der Waals surface area contributed by atoms with Crippen molar-refractivity contribution >= 4 is 34.8 Å². The van der Waals surface area contributed by atoms with E-state index in [4.69, 9.17) is 15.7 Å². The SMILES string of the molecule is CC(C)OC(=O)N1CCN(c2cnc3[nH]cc(C=C(C#N)C(N)=O)c3c2)CC1. The van der Waals surface area contributed by atoms with Crippen LogP contribution in [-0.4, -0.2) is 59.2 Å². The van der Waals surface area contributed by atoms with Crippen molar-refractivity contribution in [2.24, 2.45) is 5.73 Å². The van der Waals surface area contributed by atoms with Crippen LogP contribution in [0.4, 0.5) is 10.5 Å². The van der Waals surface area contributed by atoms with Crippen molar-refractivity contribution in [3.8, 4) is 6.07 Å². The molecule has 3 rings (SSSR count).